The summed E-state index contributed by atoms with van der Waals surface area (Å²) in [5.74, 6) is 0.320. The van der Waals surface area contributed by atoms with E-state index in [4.69, 9.17) is 7.85 Å². The van der Waals surface area contributed by atoms with Crippen LogP contribution >= 0.6 is 0 Å². The smallest absolute Gasteiger partial charge is 0.150 e. The van der Waals surface area contributed by atoms with Gasteiger partial charge in [0.1, 0.15) is 19.5 Å². The molecule has 0 amide bonds. The van der Waals surface area contributed by atoms with E-state index in [1.165, 1.54) is 12.3 Å². The standard InChI is InChI=1S/C16H14BFN4O/c1-10(23)6-7-19-15-8-14(11-4-2-3-5-13(11)18)21-16-12(17)9-20-22(15)16/h2-5,8-9,19,23H,1,6-7H2. The lowest BCUT2D eigenvalue weighted by Gasteiger charge is -2.11. The van der Waals surface area contributed by atoms with Gasteiger partial charge in [-0.2, -0.15) is 9.61 Å². The number of aliphatic hydroxyl groups excluding tert-OH is 1. The normalized spacial score (nSPS) is 10.8. The third-order valence-corrected chi connectivity index (χ3v) is 3.37. The Hall–Kier alpha value is -2.83. The van der Waals surface area contributed by atoms with Crippen molar-refractivity contribution in [3.05, 3.63) is 54.7 Å². The van der Waals surface area contributed by atoms with Crippen LogP contribution in [0.25, 0.3) is 16.9 Å². The SMILES string of the molecule is [B]c1cnn2c(NCCC(=C)O)cc(-c3ccccc3F)nc12. The van der Waals surface area contributed by atoms with Crippen molar-refractivity contribution in [3.8, 4) is 11.3 Å². The van der Waals surface area contributed by atoms with Crippen LogP contribution in [0.15, 0.2) is 48.9 Å². The van der Waals surface area contributed by atoms with Gasteiger partial charge in [0.05, 0.1) is 11.5 Å². The van der Waals surface area contributed by atoms with Crippen LogP contribution in [0.1, 0.15) is 6.42 Å². The molecule has 0 saturated heterocycles. The highest BCUT2D eigenvalue weighted by Crippen LogP contribution is 2.24. The summed E-state index contributed by atoms with van der Waals surface area (Å²) < 4.78 is 15.6. The lowest BCUT2D eigenvalue weighted by molar-refractivity contribution is 0.395. The van der Waals surface area contributed by atoms with Crippen LogP contribution in [0, 0.1) is 5.82 Å². The van der Waals surface area contributed by atoms with Crippen molar-refractivity contribution >= 4 is 24.8 Å². The number of aromatic nitrogens is 3. The topological polar surface area (TPSA) is 62.5 Å². The molecule has 7 heteroatoms. The molecule has 2 aromatic heterocycles. The maximum absolute atomic E-state index is 14.0. The fourth-order valence-electron chi connectivity index (χ4n) is 2.25. The van der Waals surface area contributed by atoms with Gasteiger partial charge in [-0.05, 0) is 17.6 Å². The van der Waals surface area contributed by atoms with E-state index >= 15 is 0 Å². The molecule has 1 aromatic carbocycles. The van der Waals surface area contributed by atoms with E-state index in [2.05, 4.69) is 22.0 Å². The largest absolute Gasteiger partial charge is 0.513 e. The summed E-state index contributed by atoms with van der Waals surface area (Å²) in [5, 5.41) is 16.5. The zero-order valence-electron chi connectivity index (χ0n) is 12.3. The van der Waals surface area contributed by atoms with Crippen LogP contribution in [0.2, 0.25) is 0 Å². The summed E-state index contributed by atoms with van der Waals surface area (Å²) >= 11 is 0. The van der Waals surface area contributed by atoms with Crippen molar-refractivity contribution in [2.75, 3.05) is 11.9 Å². The number of anilines is 1. The summed E-state index contributed by atoms with van der Waals surface area (Å²) in [6.45, 7) is 3.89. The van der Waals surface area contributed by atoms with Crippen LogP contribution in [-0.2, 0) is 0 Å². The van der Waals surface area contributed by atoms with E-state index in [0.717, 1.165) is 0 Å². The molecule has 3 rings (SSSR count). The Morgan fingerprint density at radius 1 is 1.39 bits per heavy atom. The minimum atomic E-state index is -0.364. The number of aliphatic hydroxyl groups is 1. The lowest BCUT2D eigenvalue weighted by atomic mass is 10.0. The van der Waals surface area contributed by atoms with Gasteiger partial charge in [0.2, 0.25) is 0 Å². The predicted molar refractivity (Wildman–Crippen MR) is 88.6 cm³/mol. The van der Waals surface area contributed by atoms with E-state index < -0.39 is 0 Å². The predicted octanol–water partition coefficient (Wildman–Crippen LogP) is 2.20. The average Bonchev–Trinajstić information content (AvgIpc) is 2.89. The Morgan fingerprint density at radius 3 is 2.91 bits per heavy atom. The molecule has 5 nitrogen and oxygen atoms in total. The van der Waals surface area contributed by atoms with E-state index in [9.17, 15) is 9.50 Å². The first-order valence-corrected chi connectivity index (χ1v) is 7.06. The van der Waals surface area contributed by atoms with Crippen LogP contribution in [0.3, 0.4) is 0 Å². The van der Waals surface area contributed by atoms with Crippen molar-refractivity contribution in [1.29, 1.82) is 0 Å². The Balaban J connectivity index is 2.07. The summed E-state index contributed by atoms with van der Waals surface area (Å²) in [7, 11) is 5.89. The number of hydrogen-bond acceptors (Lipinski definition) is 4. The minimum Gasteiger partial charge on any atom is -0.513 e. The molecule has 2 N–H and O–H groups in total. The third kappa shape index (κ3) is 3.03. The Morgan fingerprint density at radius 2 is 2.17 bits per heavy atom. The second kappa shape index (κ2) is 6.12. The van der Waals surface area contributed by atoms with E-state index in [1.54, 1.807) is 28.8 Å². The lowest BCUT2D eigenvalue weighted by Crippen LogP contribution is -2.11. The molecule has 0 spiro atoms. The number of rotatable bonds is 5. The maximum Gasteiger partial charge on any atom is 0.150 e. The van der Waals surface area contributed by atoms with Gasteiger partial charge in [-0.1, -0.05) is 18.7 Å². The molecule has 0 unspecified atom stereocenters. The van der Waals surface area contributed by atoms with E-state index in [0.29, 0.717) is 41.2 Å². The van der Waals surface area contributed by atoms with Crippen molar-refractivity contribution in [1.82, 2.24) is 14.6 Å². The molecule has 0 saturated carbocycles. The quantitative estimate of drug-likeness (QED) is 0.560. The van der Waals surface area contributed by atoms with Crippen molar-refractivity contribution in [3.63, 3.8) is 0 Å². The van der Waals surface area contributed by atoms with E-state index in [-0.39, 0.29) is 11.6 Å². The number of nitrogens with zero attached hydrogens (tertiary/aromatic N) is 3. The summed E-state index contributed by atoms with van der Waals surface area (Å²) in [6, 6.07) is 8.09. The number of fused-ring (bicyclic) bond motifs is 1. The Bertz CT molecular complexity index is 878. The van der Waals surface area contributed by atoms with Gasteiger partial charge < -0.3 is 10.4 Å². The zero-order chi connectivity index (χ0) is 16.4. The minimum absolute atomic E-state index is 0.0807. The van der Waals surface area contributed by atoms with Crippen molar-refractivity contribution < 1.29 is 9.50 Å². The molecule has 0 aliphatic carbocycles. The Kier molecular flexibility index (Phi) is 4.01. The van der Waals surface area contributed by atoms with Crippen LogP contribution < -0.4 is 10.8 Å². The summed E-state index contributed by atoms with van der Waals surface area (Å²) in [5.41, 5.74) is 1.67. The number of nitrogens with one attached hydrogen (secondary N) is 1. The average molecular weight is 308 g/mol. The van der Waals surface area contributed by atoms with Gasteiger partial charge in [0.25, 0.3) is 0 Å². The molecule has 0 bridgehead atoms. The third-order valence-electron chi connectivity index (χ3n) is 3.37. The number of halogens is 1. The molecule has 3 aromatic rings. The van der Waals surface area contributed by atoms with Gasteiger partial charge in [-0.3, -0.25) is 0 Å². The van der Waals surface area contributed by atoms with Gasteiger partial charge in [-0.25, -0.2) is 9.37 Å². The highest BCUT2D eigenvalue weighted by Gasteiger charge is 2.12. The molecule has 2 radical (unpaired) electrons. The fourth-order valence-corrected chi connectivity index (χ4v) is 2.25. The second-order valence-electron chi connectivity index (χ2n) is 5.08. The summed E-state index contributed by atoms with van der Waals surface area (Å²) in [4.78, 5) is 4.40. The highest BCUT2D eigenvalue weighted by atomic mass is 19.1. The van der Waals surface area contributed by atoms with Crippen LogP contribution in [0.5, 0.6) is 0 Å². The number of hydrogen-bond donors (Lipinski definition) is 2. The van der Waals surface area contributed by atoms with Gasteiger partial charge in [0.15, 0.2) is 5.65 Å². The molecule has 2 heterocycles. The number of benzene rings is 1. The molecular weight excluding hydrogens is 294 g/mol. The Labute approximate surface area is 133 Å². The fraction of sp³-hybridized carbons (Fsp3) is 0.125. The van der Waals surface area contributed by atoms with Gasteiger partial charge in [-0.15, -0.1) is 0 Å². The first kappa shape index (κ1) is 15.1. The molecule has 0 aliphatic heterocycles. The molecular formula is C16H14BFN4O. The zero-order valence-corrected chi connectivity index (χ0v) is 12.3. The maximum atomic E-state index is 14.0. The molecule has 114 valence electrons. The molecule has 23 heavy (non-hydrogen) atoms. The molecule has 0 fully saturated rings. The van der Waals surface area contributed by atoms with Crippen molar-refractivity contribution in [2.45, 2.75) is 6.42 Å². The second-order valence-corrected chi connectivity index (χ2v) is 5.08. The van der Waals surface area contributed by atoms with E-state index in [1.807, 2.05) is 0 Å². The van der Waals surface area contributed by atoms with Crippen LogP contribution in [0.4, 0.5) is 10.2 Å². The monoisotopic (exact) mass is 308 g/mol. The highest BCUT2D eigenvalue weighted by molar-refractivity contribution is 6.36. The van der Waals surface area contributed by atoms with Gasteiger partial charge in [0, 0.05) is 30.8 Å². The molecule has 0 atom stereocenters. The summed E-state index contributed by atoms with van der Waals surface area (Å²) in [6.07, 6.45) is 1.87. The van der Waals surface area contributed by atoms with Gasteiger partial charge >= 0.3 is 0 Å². The first-order chi connectivity index (χ1) is 11.1. The van der Waals surface area contributed by atoms with Crippen LogP contribution in [-0.4, -0.2) is 34.1 Å². The molecule has 0 aliphatic rings. The first-order valence-electron chi connectivity index (χ1n) is 7.06. The van der Waals surface area contributed by atoms with Crippen molar-refractivity contribution in [2.24, 2.45) is 0 Å².